The Bertz CT molecular complexity index is 1490. The Morgan fingerprint density at radius 2 is 0.895 bits per heavy atom. The van der Waals surface area contributed by atoms with Gasteiger partial charge in [-0.1, -0.05) is 138 Å². The van der Waals surface area contributed by atoms with Gasteiger partial charge >= 0.3 is 0 Å². The van der Waals surface area contributed by atoms with Gasteiger partial charge in [0, 0.05) is 0 Å². The first-order valence-electron chi connectivity index (χ1n) is 14.9. The number of rotatable bonds is 13. The molecule has 0 bridgehead atoms. The average Bonchev–Trinajstić information content (AvgIpc) is 2.95. The van der Waals surface area contributed by atoms with E-state index in [1.807, 2.05) is 0 Å². The summed E-state index contributed by atoms with van der Waals surface area (Å²) >= 11 is 0. The van der Waals surface area contributed by atoms with Crippen molar-refractivity contribution in [1.82, 2.24) is 0 Å². The summed E-state index contributed by atoms with van der Waals surface area (Å²) < 4.78 is 0. The van der Waals surface area contributed by atoms with Crippen LogP contribution >= 0.6 is 0 Å². The van der Waals surface area contributed by atoms with E-state index in [4.69, 9.17) is 0 Å². The van der Waals surface area contributed by atoms with Crippen molar-refractivity contribution in [2.75, 3.05) is 0 Å². The lowest BCUT2D eigenvalue weighted by atomic mass is 9.98. The summed E-state index contributed by atoms with van der Waals surface area (Å²) in [6.45, 7) is 2.29. The van der Waals surface area contributed by atoms with E-state index in [1.54, 1.807) is 0 Å². The van der Waals surface area contributed by atoms with E-state index in [0.717, 1.165) is 0 Å². The SMILES string of the molecule is CCCCCCCCCCCCc1ccc(C=Cc2ccc3cc4cc5ccccc5cc4cc3c2)cc1. The van der Waals surface area contributed by atoms with Gasteiger partial charge in [-0.25, -0.2) is 0 Å². The van der Waals surface area contributed by atoms with Gasteiger partial charge in [-0.05, 0) is 92.2 Å². The fourth-order valence-electron chi connectivity index (χ4n) is 5.62. The van der Waals surface area contributed by atoms with Crippen LogP contribution in [0.4, 0.5) is 0 Å². The van der Waals surface area contributed by atoms with Gasteiger partial charge in [0.25, 0.3) is 0 Å². The molecule has 0 radical (unpaired) electrons. The predicted molar refractivity (Wildman–Crippen MR) is 170 cm³/mol. The molecule has 0 amide bonds. The number of aryl methyl sites for hydroxylation is 1. The summed E-state index contributed by atoms with van der Waals surface area (Å²) in [5, 5.41) is 7.79. The van der Waals surface area contributed by atoms with E-state index in [2.05, 4.69) is 110 Å². The topological polar surface area (TPSA) is 0 Å². The lowest BCUT2D eigenvalue weighted by Crippen LogP contribution is -1.87. The molecule has 0 saturated heterocycles. The van der Waals surface area contributed by atoms with Gasteiger partial charge in [-0.15, -0.1) is 0 Å². The maximum atomic E-state index is 2.33. The molecule has 5 aromatic carbocycles. The van der Waals surface area contributed by atoms with Gasteiger partial charge in [0.2, 0.25) is 0 Å². The normalized spacial score (nSPS) is 11.8. The van der Waals surface area contributed by atoms with Crippen molar-refractivity contribution in [2.24, 2.45) is 0 Å². The zero-order valence-electron chi connectivity index (χ0n) is 23.1. The monoisotopic (exact) mass is 498 g/mol. The molecule has 5 aromatic rings. The summed E-state index contributed by atoms with van der Waals surface area (Å²) in [4.78, 5) is 0. The molecule has 0 saturated carbocycles. The van der Waals surface area contributed by atoms with Crippen LogP contribution in [0.3, 0.4) is 0 Å². The number of benzene rings is 5. The van der Waals surface area contributed by atoms with Gasteiger partial charge < -0.3 is 0 Å². The van der Waals surface area contributed by atoms with E-state index in [0.29, 0.717) is 0 Å². The van der Waals surface area contributed by atoms with Crippen LogP contribution in [0.25, 0.3) is 44.5 Å². The van der Waals surface area contributed by atoms with Crippen LogP contribution in [0.1, 0.15) is 87.8 Å². The van der Waals surface area contributed by atoms with E-state index in [9.17, 15) is 0 Å². The molecule has 0 atom stereocenters. The highest BCUT2D eigenvalue weighted by Gasteiger charge is 2.02. The smallest absolute Gasteiger partial charge is 0.0171 e. The fourth-order valence-corrected chi connectivity index (χ4v) is 5.62. The Kier molecular flexibility index (Phi) is 9.27. The van der Waals surface area contributed by atoms with Crippen molar-refractivity contribution in [3.63, 3.8) is 0 Å². The van der Waals surface area contributed by atoms with Crippen LogP contribution < -0.4 is 0 Å². The highest BCUT2D eigenvalue weighted by atomic mass is 14.1. The van der Waals surface area contributed by atoms with E-state index in [1.165, 1.54) is 120 Å². The van der Waals surface area contributed by atoms with Crippen molar-refractivity contribution < 1.29 is 0 Å². The Labute approximate surface area is 229 Å². The second-order valence-electron chi connectivity index (χ2n) is 11.0. The van der Waals surface area contributed by atoms with Crippen molar-refractivity contribution >= 4 is 44.5 Å². The van der Waals surface area contributed by atoms with E-state index >= 15 is 0 Å². The van der Waals surface area contributed by atoms with Crippen molar-refractivity contribution in [2.45, 2.75) is 77.6 Å². The predicted octanol–water partition coefficient (Wildman–Crippen LogP) is 11.8. The molecule has 0 aromatic heterocycles. The molecular formula is C38H42. The molecule has 0 aliphatic rings. The minimum Gasteiger partial charge on any atom is -0.0654 e. The van der Waals surface area contributed by atoms with Gasteiger partial charge in [-0.2, -0.15) is 0 Å². The zero-order valence-corrected chi connectivity index (χ0v) is 23.1. The molecule has 0 nitrogen and oxygen atoms in total. The van der Waals surface area contributed by atoms with Crippen LogP contribution in [-0.2, 0) is 6.42 Å². The van der Waals surface area contributed by atoms with Crippen LogP contribution in [-0.4, -0.2) is 0 Å². The number of unbranched alkanes of at least 4 members (excludes halogenated alkanes) is 9. The molecule has 194 valence electrons. The number of fused-ring (bicyclic) bond motifs is 3. The van der Waals surface area contributed by atoms with E-state index < -0.39 is 0 Å². The standard InChI is InChI=1S/C38H42/c1-2-3-4-5-6-7-8-9-10-11-14-30-17-19-31(20-18-30)21-22-32-23-24-35-28-37-26-33-15-12-13-16-34(33)27-38(37)29-36(35)25-32/h12-13,15-29H,2-11,14H2,1H3. The van der Waals surface area contributed by atoms with Gasteiger partial charge in [0.1, 0.15) is 0 Å². The molecule has 0 fully saturated rings. The molecule has 0 aliphatic carbocycles. The van der Waals surface area contributed by atoms with Crippen LogP contribution in [0, 0.1) is 0 Å². The highest BCUT2D eigenvalue weighted by Crippen LogP contribution is 2.28. The fraction of sp³-hybridized carbons (Fsp3) is 0.316. The zero-order chi connectivity index (χ0) is 26.0. The third kappa shape index (κ3) is 7.13. The Hall–Kier alpha value is -3.38. The number of hydrogen-bond donors (Lipinski definition) is 0. The molecule has 5 rings (SSSR count). The molecule has 0 heteroatoms. The quantitative estimate of drug-likeness (QED) is 0.0860. The first-order valence-corrected chi connectivity index (χ1v) is 14.9. The Balaban J connectivity index is 1.13. The second kappa shape index (κ2) is 13.4. The Morgan fingerprint density at radius 1 is 0.421 bits per heavy atom. The summed E-state index contributed by atoms with van der Waals surface area (Å²) in [7, 11) is 0. The average molecular weight is 499 g/mol. The lowest BCUT2D eigenvalue weighted by molar-refractivity contribution is 0.556. The molecular weight excluding hydrogens is 456 g/mol. The molecule has 0 unspecified atom stereocenters. The third-order valence-corrected chi connectivity index (χ3v) is 7.95. The minimum atomic E-state index is 1.20. The maximum absolute atomic E-state index is 2.33. The van der Waals surface area contributed by atoms with E-state index in [-0.39, 0.29) is 0 Å². The summed E-state index contributed by atoms with van der Waals surface area (Å²) in [6, 6.07) is 33.8. The summed E-state index contributed by atoms with van der Waals surface area (Å²) in [5.74, 6) is 0. The van der Waals surface area contributed by atoms with Crippen LogP contribution in [0.15, 0.2) is 91.0 Å². The minimum absolute atomic E-state index is 1.20. The largest absolute Gasteiger partial charge is 0.0654 e. The van der Waals surface area contributed by atoms with Crippen LogP contribution in [0.5, 0.6) is 0 Å². The van der Waals surface area contributed by atoms with Crippen molar-refractivity contribution in [3.05, 3.63) is 108 Å². The van der Waals surface area contributed by atoms with Crippen molar-refractivity contribution in [1.29, 1.82) is 0 Å². The van der Waals surface area contributed by atoms with Crippen molar-refractivity contribution in [3.8, 4) is 0 Å². The first kappa shape index (κ1) is 26.2. The molecule has 0 aliphatic heterocycles. The Morgan fingerprint density at radius 3 is 1.53 bits per heavy atom. The van der Waals surface area contributed by atoms with Crippen LogP contribution in [0.2, 0.25) is 0 Å². The first-order chi connectivity index (χ1) is 18.8. The summed E-state index contributed by atoms with van der Waals surface area (Å²) in [6.07, 6.45) is 19.6. The molecule has 0 N–H and O–H groups in total. The molecule has 0 spiro atoms. The molecule has 38 heavy (non-hydrogen) atoms. The van der Waals surface area contributed by atoms with Gasteiger partial charge in [-0.3, -0.25) is 0 Å². The molecule has 0 heterocycles. The lowest BCUT2D eigenvalue weighted by Gasteiger charge is -2.06. The summed E-state index contributed by atoms with van der Waals surface area (Å²) in [5.41, 5.74) is 3.97. The van der Waals surface area contributed by atoms with Gasteiger partial charge in [0.05, 0.1) is 0 Å². The highest BCUT2D eigenvalue weighted by molar-refractivity contribution is 6.05. The number of hydrogen-bond acceptors (Lipinski definition) is 0. The second-order valence-corrected chi connectivity index (χ2v) is 11.0. The van der Waals surface area contributed by atoms with Gasteiger partial charge in [0.15, 0.2) is 0 Å². The maximum Gasteiger partial charge on any atom is -0.0171 e. The third-order valence-electron chi connectivity index (χ3n) is 7.95.